The molecule has 0 saturated carbocycles. The molecule has 2 rings (SSSR count). The maximum atomic E-state index is 12.2. The Morgan fingerprint density at radius 2 is 2.00 bits per heavy atom. The van der Waals surface area contributed by atoms with Gasteiger partial charge in [-0.25, -0.2) is 9.78 Å². The van der Waals surface area contributed by atoms with Gasteiger partial charge in [-0.05, 0) is 31.0 Å². The van der Waals surface area contributed by atoms with Crippen molar-refractivity contribution in [2.45, 2.75) is 20.5 Å². The van der Waals surface area contributed by atoms with Crippen LogP contribution in [0.15, 0.2) is 36.4 Å². The number of nitrogens with zero attached hydrogens (tertiary/aromatic N) is 3. The van der Waals surface area contributed by atoms with Crippen LogP contribution in [-0.4, -0.2) is 18.1 Å². The third-order valence-electron chi connectivity index (χ3n) is 3.23. The monoisotopic (exact) mass is 295 g/mol. The molecule has 5 heteroatoms. The Morgan fingerprint density at radius 1 is 1.32 bits per heavy atom. The van der Waals surface area contributed by atoms with Crippen molar-refractivity contribution in [3.8, 4) is 6.07 Å². The second-order valence-electron chi connectivity index (χ2n) is 4.99. The molecule has 22 heavy (non-hydrogen) atoms. The number of amides is 1. The van der Waals surface area contributed by atoms with E-state index in [1.807, 2.05) is 50.2 Å². The summed E-state index contributed by atoms with van der Waals surface area (Å²) in [6, 6.07) is 13.3. The van der Waals surface area contributed by atoms with Gasteiger partial charge in [0, 0.05) is 12.7 Å². The van der Waals surface area contributed by atoms with Gasteiger partial charge in [-0.2, -0.15) is 5.26 Å². The summed E-state index contributed by atoms with van der Waals surface area (Å²) in [5.74, 6) is 0.318. The van der Waals surface area contributed by atoms with E-state index in [0.29, 0.717) is 11.4 Å². The Balaban J connectivity index is 2.16. The van der Waals surface area contributed by atoms with Gasteiger partial charge in [-0.15, -0.1) is 0 Å². The molecule has 112 valence electrons. The lowest BCUT2D eigenvalue weighted by Gasteiger charge is -2.18. The summed E-state index contributed by atoms with van der Waals surface area (Å²) in [5, 5.41) is 9.26. The zero-order valence-corrected chi connectivity index (χ0v) is 12.8. The van der Waals surface area contributed by atoms with E-state index in [0.717, 1.165) is 16.8 Å². The number of hydrogen-bond donors (Lipinski definition) is 0. The average molecular weight is 295 g/mol. The van der Waals surface area contributed by atoms with E-state index >= 15 is 0 Å². The molecular weight excluding hydrogens is 278 g/mol. The first kappa shape index (κ1) is 15.5. The lowest BCUT2D eigenvalue weighted by atomic mass is 10.1. The molecule has 0 bridgehead atoms. The van der Waals surface area contributed by atoms with Crippen molar-refractivity contribution in [3.05, 3.63) is 58.8 Å². The zero-order valence-electron chi connectivity index (χ0n) is 12.8. The van der Waals surface area contributed by atoms with Crippen molar-refractivity contribution in [3.63, 3.8) is 0 Å². The maximum absolute atomic E-state index is 12.2. The highest BCUT2D eigenvalue weighted by Crippen LogP contribution is 2.21. The third-order valence-corrected chi connectivity index (χ3v) is 3.23. The number of hydrogen-bond acceptors (Lipinski definition) is 4. The molecule has 0 aliphatic heterocycles. The number of anilines is 1. The molecule has 0 fully saturated rings. The Labute approximate surface area is 129 Å². The van der Waals surface area contributed by atoms with E-state index in [-0.39, 0.29) is 6.61 Å². The molecule has 0 aliphatic rings. The second-order valence-corrected chi connectivity index (χ2v) is 4.99. The standard InChI is InChI=1S/C17H17N3O2/c1-12-9-13(2)19-16(15(12)10-18)20(3)17(21)22-11-14-7-5-4-6-8-14/h4-9H,11H2,1-3H3. The second kappa shape index (κ2) is 6.72. The number of nitriles is 1. The minimum absolute atomic E-state index is 0.177. The minimum Gasteiger partial charge on any atom is -0.444 e. The number of carbonyl (C=O) groups excluding carboxylic acids is 1. The van der Waals surface area contributed by atoms with Crippen molar-refractivity contribution in [2.24, 2.45) is 0 Å². The fourth-order valence-electron chi connectivity index (χ4n) is 2.10. The first-order valence-electron chi connectivity index (χ1n) is 6.85. The molecule has 0 saturated heterocycles. The summed E-state index contributed by atoms with van der Waals surface area (Å²) in [6.07, 6.45) is -0.544. The first-order valence-corrected chi connectivity index (χ1v) is 6.85. The van der Waals surface area contributed by atoms with E-state index in [1.165, 1.54) is 4.90 Å². The van der Waals surface area contributed by atoms with Crippen LogP contribution in [0, 0.1) is 25.2 Å². The van der Waals surface area contributed by atoms with Crippen LogP contribution in [0.4, 0.5) is 10.6 Å². The van der Waals surface area contributed by atoms with Crippen LogP contribution in [0.2, 0.25) is 0 Å². The number of aryl methyl sites for hydroxylation is 2. The first-order chi connectivity index (χ1) is 10.5. The smallest absolute Gasteiger partial charge is 0.415 e. The zero-order chi connectivity index (χ0) is 16.1. The van der Waals surface area contributed by atoms with Crippen molar-refractivity contribution in [1.29, 1.82) is 5.26 Å². The third kappa shape index (κ3) is 3.41. The van der Waals surface area contributed by atoms with Crippen molar-refractivity contribution in [2.75, 3.05) is 11.9 Å². The molecule has 1 heterocycles. The van der Waals surface area contributed by atoms with E-state index in [1.54, 1.807) is 7.05 Å². The number of aromatic nitrogens is 1. The minimum atomic E-state index is -0.544. The van der Waals surface area contributed by atoms with Crippen LogP contribution in [0.25, 0.3) is 0 Å². The Bertz CT molecular complexity index is 721. The maximum Gasteiger partial charge on any atom is 0.415 e. The highest BCUT2D eigenvalue weighted by molar-refractivity contribution is 5.87. The van der Waals surface area contributed by atoms with Crippen LogP contribution in [0.5, 0.6) is 0 Å². The van der Waals surface area contributed by atoms with Gasteiger partial charge >= 0.3 is 6.09 Å². The van der Waals surface area contributed by atoms with Gasteiger partial charge in [-0.3, -0.25) is 4.90 Å². The summed E-state index contributed by atoms with van der Waals surface area (Å²) >= 11 is 0. The van der Waals surface area contributed by atoms with Gasteiger partial charge in [0.25, 0.3) is 0 Å². The molecule has 0 aliphatic carbocycles. The molecule has 0 N–H and O–H groups in total. The number of pyridine rings is 1. The molecule has 2 aromatic rings. The van der Waals surface area contributed by atoms with E-state index in [4.69, 9.17) is 4.74 Å². The van der Waals surface area contributed by atoms with Crippen LogP contribution in [0.3, 0.4) is 0 Å². The van der Waals surface area contributed by atoms with Gasteiger partial charge in [-0.1, -0.05) is 30.3 Å². The topological polar surface area (TPSA) is 66.2 Å². The van der Waals surface area contributed by atoms with Gasteiger partial charge in [0.15, 0.2) is 5.82 Å². The number of rotatable bonds is 3. The van der Waals surface area contributed by atoms with Crippen LogP contribution >= 0.6 is 0 Å². The van der Waals surface area contributed by atoms with Gasteiger partial charge in [0.1, 0.15) is 12.7 Å². The van der Waals surface area contributed by atoms with E-state index < -0.39 is 6.09 Å². The molecular formula is C17H17N3O2. The van der Waals surface area contributed by atoms with Crippen LogP contribution in [0.1, 0.15) is 22.4 Å². The van der Waals surface area contributed by atoms with Gasteiger partial charge in [0.05, 0.1) is 5.56 Å². The largest absolute Gasteiger partial charge is 0.444 e. The van der Waals surface area contributed by atoms with E-state index in [2.05, 4.69) is 11.1 Å². The van der Waals surface area contributed by atoms with Crippen molar-refractivity contribution >= 4 is 11.9 Å². The van der Waals surface area contributed by atoms with Crippen molar-refractivity contribution in [1.82, 2.24) is 4.98 Å². The molecule has 0 unspecified atom stereocenters. The summed E-state index contributed by atoms with van der Waals surface area (Å²) in [4.78, 5) is 17.7. The predicted octanol–water partition coefficient (Wildman–Crippen LogP) is 3.34. The molecule has 0 spiro atoms. The van der Waals surface area contributed by atoms with Crippen LogP contribution in [-0.2, 0) is 11.3 Å². The fourth-order valence-corrected chi connectivity index (χ4v) is 2.10. The number of carbonyl (C=O) groups is 1. The summed E-state index contributed by atoms with van der Waals surface area (Å²) in [7, 11) is 1.55. The quantitative estimate of drug-likeness (QED) is 0.871. The molecule has 0 radical (unpaired) electrons. The molecule has 1 amide bonds. The number of ether oxygens (including phenoxy) is 1. The summed E-state index contributed by atoms with van der Waals surface area (Å²) in [6.45, 7) is 3.82. The number of benzene rings is 1. The molecule has 1 aromatic heterocycles. The van der Waals surface area contributed by atoms with Crippen molar-refractivity contribution < 1.29 is 9.53 Å². The fraction of sp³-hybridized carbons (Fsp3) is 0.235. The highest BCUT2D eigenvalue weighted by atomic mass is 16.6. The summed E-state index contributed by atoms with van der Waals surface area (Å²) < 4.78 is 5.26. The Hall–Kier alpha value is -2.87. The predicted molar refractivity (Wildman–Crippen MR) is 83.5 cm³/mol. The van der Waals surface area contributed by atoms with Crippen LogP contribution < -0.4 is 4.90 Å². The normalized spacial score (nSPS) is 9.91. The molecule has 1 aromatic carbocycles. The Morgan fingerprint density at radius 3 is 2.64 bits per heavy atom. The van der Waals surface area contributed by atoms with E-state index in [9.17, 15) is 10.1 Å². The van der Waals surface area contributed by atoms with Gasteiger partial charge in [0.2, 0.25) is 0 Å². The Kier molecular flexibility index (Phi) is 4.74. The summed E-state index contributed by atoms with van der Waals surface area (Å²) in [5.41, 5.74) is 2.81. The lowest BCUT2D eigenvalue weighted by molar-refractivity contribution is 0.148. The SMILES string of the molecule is Cc1cc(C)c(C#N)c(N(C)C(=O)OCc2ccccc2)n1. The molecule has 5 nitrogen and oxygen atoms in total. The average Bonchev–Trinajstić information content (AvgIpc) is 2.52. The lowest BCUT2D eigenvalue weighted by Crippen LogP contribution is -2.29. The molecule has 0 atom stereocenters. The van der Waals surface area contributed by atoms with Gasteiger partial charge < -0.3 is 4.74 Å². The highest BCUT2D eigenvalue weighted by Gasteiger charge is 2.19.